The Balaban J connectivity index is 1.36. The summed E-state index contributed by atoms with van der Waals surface area (Å²) in [7, 11) is 1.86. The van der Waals surface area contributed by atoms with E-state index >= 15 is 0 Å². The number of carbonyl (C=O) groups excluding carboxylic acids is 1. The zero-order valence-corrected chi connectivity index (χ0v) is 18.6. The van der Waals surface area contributed by atoms with Gasteiger partial charge in [0.05, 0.1) is 6.10 Å². The highest BCUT2D eigenvalue weighted by Crippen LogP contribution is 2.23. The van der Waals surface area contributed by atoms with Gasteiger partial charge >= 0.3 is 0 Å². The Bertz CT molecular complexity index is 866. The molecule has 0 radical (unpaired) electrons. The average molecular weight is 429 g/mol. The molecule has 1 atom stereocenters. The SMILES string of the molecule is Cc1cc(C(=O)N(CC2CCN(Cc3ccccc3F)CC2)CC2CCCO2)nn1C. The van der Waals surface area contributed by atoms with E-state index in [1.807, 2.05) is 37.1 Å². The Morgan fingerprint density at radius 1 is 1.23 bits per heavy atom. The number of ether oxygens (including phenoxy) is 1. The maximum absolute atomic E-state index is 14.0. The van der Waals surface area contributed by atoms with Crippen molar-refractivity contribution in [1.82, 2.24) is 19.6 Å². The third-order valence-electron chi connectivity index (χ3n) is 6.61. The van der Waals surface area contributed by atoms with Gasteiger partial charge in [-0.05, 0) is 63.7 Å². The van der Waals surface area contributed by atoms with Gasteiger partial charge in [-0.2, -0.15) is 5.10 Å². The van der Waals surface area contributed by atoms with Crippen LogP contribution in [0.5, 0.6) is 0 Å². The number of amides is 1. The number of hydrogen-bond donors (Lipinski definition) is 0. The van der Waals surface area contributed by atoms with Crippen molar-refractivity contribution in [3.8, 4) is 0 Å². The first-order chi connectivity index (χ1) is 15.0. The van der Waals surface area contributed by atoms with Gasteiger partial charge < -0.3 is 9.64 Å². The average Bonchev–Trinajstić information content (AvgIpc) is 3.40. The van der Waals surface area contributed by atoms with E-state index in [9.17, 15) is 9.18 Å². The van der Waals surface area contributed by atoms with Crippen LogP contribution in [0.1, 0.15) is 47.4 Å². The largest absolute Gasteiger partial charge is 0.376 e. The fourth-order valence-corrected chi connectivity index (χ4v) is 4.61. The molecule has 0 aliphatic carbocycles. The Labute approximate surface area is 184 Å². The first kappa shape index (κ1) is 22.0. The lowest BCUT2D eigenvalue weighted by Crippen LogP contribution is -2.43. The summed E-state index contributed by atoms with van der Waals surface area (Å²) in [6.45, 7) is 6.58. The summed E-state index contributed by atoms with van der Waals surface area (Å²) in [6, 6.07) is 8.86. The maximum Gasteiger partial charge on any atom is 0.274 e. The van der Waals surface area contributed by atoms with Gasteiger partial charge in [-0.3, -0.25) is 14.4 Å². The number of halogens is 1. The molecule has 0 N–H and O–H groups in total. The van der Waals surface area contributed by atoms with Crippen molar-refractivity contribution in [2.75, 3.05) is 32.8 Å². The first-order valence-corrected chi connectivity index (χ1v) is 11.4. The number of benzene rings is 1. The second-order valence-electron chi connectivity index (χ2n) is 8.95. The van der Waals surface area contributed by atoms with Crippen LogP contribution in [0.4, 0.5) is 4.39 Å². The predicted molar refractivity (Wildman–Crippen MR) is 117 cm³/mol. The molecule has 4 rings (SSSR count). The van der Waals surface area contributed by atoms with Crippen LogP contribution in [-0.4, -0.2) is 64.4 Å². The number of piperidine rings is 1. The zero-order valence-electron chi connectivity index (χ0n) is 18.6. The van der Waals surface area contributed by atoms with Gasteiger partial charge in [0.25, 0.3) is 5.91 Å². The Morgan fingerprint density at radius 3 is 2.65 bits per heavy atom. The molecule has 2 aliphatic rings. The molecule has 1 aromatic carbocycles. The monoisotopic (exact) mass is 428 g/mol. The molecule has 1 unspecified atom stereocenters. The van der Waals surface area contributed by atoms with Crippen molar-refractivity contribution in [1.29, 1.82) is 0 Å². The number of aromatic nitrogens is 2. The van der Waals surface area contributed by atoms with Crippen molar-refractivity contribution in [3.05, 3.63) is 53.1 Å². The Hall–Kier alpha value is -2.25. The van der Waals surface area contributed by atoms with Crippen LogP contribution in [0, 0.1) is 18.7 Å². The standard InChI is InChI=1S/C24H33FN4O2/c1-18-14-23(26-27(18)2)24(30)29(17-21-7-5-13-31-21)15-19-9-11-28(12-10-19)16-20-6-3-4-8-22(20)25/h3-4,6,8,14,19,21H,5,7,9-13,15-17H2,1-2H3. The molecule has 0 spiro atoms. The first-order valence-electron chi connectivity index (χ1n) is 11.4. The summed E-state index contributed by atoms with van der Waals surface area (Å²) in [5.41, 5.74) is 2.23. The van der Waals surface area contributed by atoms with Gasteiger partial charge in [0, 0.05) is 44.5 Å². The second kappa shape index (κ2) is 9.92. The highest BCUT2D eigenvalue weighted by Gasteiger charge is 2.29. The number of likely N-dealkylation sites (tertiary alicyclic amines) is 1. The molecule has 2 aromatic rings. The maximum atomic E-state index is 14.0. The van der Waals surface area contributed by atoms with Crippen LogP contribution in [0.2, 0.25) is 0 Å². The van der Waals surface area contributed by atoms with E-state index in [4.69, 9.17) is 4.74 Å². The summed E-state index contributed by atoms with van der Waals surface area (Å²) in [5, 5.41) is 4.41. The van der Waals surface area contributed by atoms with Crippen molar-refractivity contribution < 1.29 is 13.9 Å². The lowest BCUT2D eigenvalue weighted by Gasteiger charge is -2.35. The summed E-state index contributed by atoms with van der Waals surface area (Å²) in [4.78, 5) is 17.5. The van der Waals surface area contributed by atoms with Crippen molar-refractivity contribution in [3.63, 3.8) is 0 Å². The van der Waals surface area contributed by atoms with Crippen LogP contribution in [0.25, 0.3) is 0 Å². The van der Waals surface area contributed by atoms with Crippen LogP contribution in [0.15, 0.2) is 30.3 Å². The molecule has 7 heteroatoms. The van der Waals surface area contributed by atoms with Crippen molar-refractivity contribution in [2.24, 2.45) is 13.0 Å². The minimum absolute atomic E-state index is 0.00649. The highest BCUT2D eigenvalue weighted by atomic mass is 19.1. The molecule has 2 aliphatic heterocycles. The van der Waals surface area contributed by atoms with Crippen molar-refractivity contribution in [2.45, 2.75) is 45.3 Å². The van der Waals surface area contributed by atoms with Gasteiger partial charge in [0.2, 0.25) is 0 Å². The minimum atomic E-state index is -0.136. The lowest BCUT2D eigenvalue weighted by molar-refractivity contribution is 0.0439. The molecular formula is C24H33FN4O2. The van der Waals surface area contributed by atoms with E-state index < -0.39 is 0 Å². The van der Waals surface area contributed by atoms with E-state index in [-0.39, 0.29) is 17.8 Å². The van der Waals surface area contributed by atoms with Crippen LogP contribution in [-0.2, 0) is 18.3 Å². The molecule has 6 nitrogen and oxygen atoms in total. The molecule has 2 saturated heterocycles. The van der Waals surface area contributed by atoms with Crippen LogP contribution < -0.4 is 0 Å². The molecule has 0 bridgehead atoms. The number of hydrogen-bond acceptors (Lipinski definition) is 4. The van der Waals surface area contributed by atoms with Gasteiger partial charge in [0.1, 0.15) is 5.82 Å². The summed E-state index contributed by atoms with van der Waals surface area (Å²) in [5.74, 6) is 0.295. The highest BCUT2D eigenvalue weighted by molar-refractivity contribution is 5.92. The van der Waals surface area contributed by atoms with E-state index in [0.29, 0.717) is 24.7 Å². The Morgan fingerprint density at radius 2 is 2.00 bits per heavy atom. The second-order valence-corrected chi connectivity index (χ2v) is 8.95. The smallest absolute Gasteiger partial charge is 0.274 e. The summed E-state index contributed by atoms with van der Waals surface area (Å²) in [6.07, 6.45) is 4.20. The quantitative estimate of drug-likeness (QED) is 0.678. The zero-order chi connectivity index (χ0) is 21.8. The number of nitrogens with zero attached hydrogens (tertiary/aromatic N) is 4. The molecule has 168 valence electrons. The fraction of sp³-hybridized carbons (Fsp3) is 0.583. The van der Waals surface area contributed by atoms with Gasteiger partial charge in [-0.25, -0.2) is 4.39 Å². The molecule has 0 saturated carbocycles. The molecular weight excluding hydrogens is 395 g/mol. The normalized spacial score (nSPS) is 20.3. The van der Waals surface area contributed by atoms with E-state index in [1.54, 1.807) is 10.7 Å². The molecule has 1 amide bonds. The van der Waals surface area contributed by atoms with Gasteiger partial charge in [-0.15, -0.1) is 0 Å². The van der Waals surface area contributed by atoms with Crippen LogP contribution >= 0.6 is 0 Å². The number of aryl methyl sites for hydroxylation is 2. The predicted octanol–water partition coefficient (Wildman–Crippen LogP) is 3.40. The third kappa shape index (κ3) is 5.52. The Kier molecular flexibility index (Phi) is 7.02. The van der Waals surface area contributed by atoms with Crippen LogP contribution in [0.3, 0.4) is 0 Å². The molecule has 31 heavy (non-hydrogen) atoms. The minimum Gasteiger partial charge on any atom is -0.376 e. The summed E-state index contributed by atoms with van der Waals surface area (Å²) < 4.78 is 21.5. The summed E-state index contributed by atoms with van der Waals surface area (Å²) >= 11 is 0. The lowest BCUT2D eigenvalue weighted by atomic mass is 9.95. The van der Waals surface area contributed by atoms with Crippen molar-refractivity contribution >= 4 is 5.91 Å². The topological polar surface area (TPSA) is 50.6 Å². The van der Waals surface area contributed by atoms with Gasteiger partial charge in [0.15, 0.2) is 5.69 Å². The number of carbonyl (C=O) groups is 1. The molecule has 2 fully saturated rings. The van der Waals surface area contributed by atoms with Gasteiger partial charge in [-0.1, -0.05) is 18.2 Å². The van der Waals surface area contributed by atoms with E-state index in [2.05, 4.69) is 10.00 Å². The third-order valence-corrected chi connectivity index (χ3v) is 6.61. The number of rotatable bonds is 7. The fourth-order valence-electron chi connectivity index (χ4n) is 4.61. The molecule has 3 heterocycles. The molecule has 1 aromatic heterocycles. The van der Waals surface area contributed by atoms with E-state index in [0.717, 1.165) is 63.2 Å². The van der Waals surface area contributed by atoms with E-state index in [1.165, 1.54) is 6.07 Å².